The van der Waals surface area contributed by atoms with Gasteiger partial charge < -0.3 is 14.8 Å². The average Bonchev–Trinajstić information content (AvgIpc) is 2.79. The Morgan fingerprint density at radius 2 is 2.25 bits per heavy atom. The van der Waals surface area contributed by atoms with Crippen molar-refractivity contribution in [2.24, 2.45) is 0 Å². The standard InChI is InChI=1S/C11H19N3O2/c1-15-6-7-16-11-8-13-14(9-11)10-2-4-12-5-3-10/h8-10,12H,2-7H2,1H3. The number of nitrogens with one attached hydrogen (secondary N) is 1. The molecule has 1 saturated heterocycles. The normalized spacial score (nSPS) is 17.6. The second kappa shape index (κ2) is 5.86. The summed E-state index contributed by atoms with van der Waals surface area (Å²) < 4.78 is 12.4. The average molecular weight is 225 g/mol. The van der Waals surface area contributed by atoms with E-state index in [0.717, 1.165) is 31.7 Å². The number of rotatable bonds is 5. The first-order valence-electron chi connectivity index (χ1n) is 5.77. The number of aromatic nitrogens is 2. The highest BCUT2D eigenvalue weighted by Gasteiger charge is 2.15. The highest BCUT2D eigenvalue weighted by Crippen LogP contribution is 2.20. The van der Waals surface area contributed by atoms with Crippen LogP contribution in [0, 0.1) is 0 Å². The Morgan fingerprint density at radius 3 is 3.00 bits per heavy atom. The molecule has 0 unspecified atom stereocenters. The quantitative estimate of drug-likeness (QED) is 0.754. The predicted molar refractivity (Wildman–Crippen MR) is 60.7 cm³/mol. The van der Waals surface area contributed by atoms with Crippen molar-refractivity contribution in [2.45, 2.75) is 18.9 Å². The number of methoxy groups -OCH3 is 1. The lowest BCUT2D eigenvalue weighted by Crippen LogP contribution is -2.29. The minimum Gasteiger partial charge on any atom is -0.488 e. The van der Waals surface area contributed by atoms with E-state index in [-0.39, 0.29) is 0 Å². The topological polar surface area (TPSA) is 48.3 Å². The van der Waals surface area contributed by atoms with E-state index in [1.807, 2.05) is 10.9 Å². The number of ether oxygens (including phenoxy) is 2. The first kappa shape index (κ1) is 11.4. The van der Waals surface area contributed by atoms with E-state index in [4.69, 9.17) is 9.47 Å². The monoisotopic (exact) mass is 225 g/mol. The lowest BCUT2D eigenvalue weighted by Gasteiger charge is -2.22. The van der Waals surface area contributed by atoms with Crippen LogP contribution in [0.15, 0.2) is 12.4 Å². The van der Waals surface area contributed by atoms with E-state index in [9.17, 15) is 0 Å². The lowest BCUT2D eigenvalue weighted by atomic mass is 10.1. The molecule has 0 aromatic carbocycles. The summed E-state index contributed by atoms with van der Waals surface area (Å²) in [6, 6.07) is 0.515. The van der Waals surface area contributed by atoms with Gasteiger partial charge in [-0.15, -0.1) is 0 Å². The number of nitrogens with zero attached hydrogens (tertiary/aromatic N) is 2. The zero-order valence-electron chi connectivity index (χ0n) is 9.69. The van der Waals surface area contributed by atoms with E-state index >= 15 is 0 Å². The van der Waals surface area contributed by atoms with E-state index in [1.54, 1.807) is 13.3 Å². The zero-order chi connectivity index (χ0) is 11.2. The van der Waals surface area contributed by atoms with Gasteiger partial charge in [-0.05, 0) is 25.9 Å². The van der Waals surface area contributed by atoms with Gasteiger partial charge in [0.2, 0.25) is 0 Å². The van der Waals surface area contributed by atoms with Crippen LogP contribution in [0.5, 0.6) is 5.75 Å². The summed E-state index contributed by atoms with van der Waals surface area (Å²) in [7, 11) is 1.67. The fraction of sp³-hybridized carbons (Fsp3) is 0.727. The zero-order valence-corrected chi connectivity index (χ0v) is 9.69. The molecular formula is C11H19N3O2. The summed E-state index contributed by atoms with van der Waals surface area (Å²) >= 11 is 0. The van der Waals surface area contributed by atoms with Crippen LogP contribution in [-0.4, -0.2) is 43.2 Å². The summed E-state index contributed by atoms with van der Waals surface area (Å²) in [5, 5.41) is 7.69. The van der Waals surface area contributed by atoms with Gasteiger partial charge in [0.1, 0.15) is 6.61 Å². The van der Waals surface area contributed by atoms with Gasteiger partial charge in [-0.1, -0.05) is 0 Å². The van der Waals surface area contributed by atoms with Crippen molar-refractivity contribution in [3.05, 3.63) is 12.4 Å². The Balaban J connectivity index is 1.85. The van der Waals surface area contributed by atoms with Crippen molar-refractivity contribution in [1.82, 2.24) is 15.1 Å². The molecule has 0 aliphatic carbocycles. The molecule has 1 aromatic rings. The van der Waals surface area contributed by atoms with Gasteiger partial charge in [0.25, 0.3) is 0 Å². The van der Waals surface area contributed by atoms with Gasteiger partial charge in [0, 0.05) is 7.11 Å². The van der Waals surface area contributed by atoms with E-state index in [0.29, 0.717) is 19.3 Å². The number of hydrogen-bond donors (Lipinski definition) is 1. The first-order chi connectivity index (χ1) is 7.90. The van der Waals surface area contributed by atoms with Gasteiger partial charge in [-0.3, -0.25) is 4.68 Å². The Bertz CT molecular complexity index is 308. The molecule has 0 bridgehead atoms. The molecule has 0 radical (unpaired) electrons. The number of piperidine rings is 1. The third kappa shape index (κ3) is 2.96. The minimum absolute atomic E-state index is 0.515. The Labute approximate surface area is 95.7 Å². The molecule has 0 saturated carbocycles. The van der Waals surface area contributed by atoms with Crippen LogP contribution in [-0.2, 0) is 4.74 Å². The van der Waals surface area contributed by atoms with Crippen molar-refractivity contribution in [3.63, 3.8) is 0 Å². The minimum atomic E-state index is 0.515. The van der Waals surface area contributed by atoms with E-state index < -0.39 is 0 Å². The maximum absolute atomic E-state index is 5.49. The molecule has 0 atom stereocenters. The van der Waals surface area contributed by atoms with Crippen LogP contribution in [0.3, 0.4) is 0 Å². The van der Waals surface area contributed by atoms with Gasteiger partial charge in [-0.25, -0.2) is 0 Å². The maximum atomic E-state index is 5.49. The molecule has 1 fully saturated rings. The number of hydrogen-bond acceptors (Lipinski definition) is 4. The summed E-state index contributed by atoms with van der Waals surface area (Å²) in [6.45, 7) is 3.34. The van der Waals surface area contributed by atoms with Crippen LogP contribution in [0.4, 0.5) is 0 Å². The van der Waals surface area contributed by atoms with Crippen molar-refractivity contribution >= 4 is 0 Å². The summed E-state index contributed by atoms with van der Waals surface area (Å²) in [6.07, 6.45) is 6.03. The van der Waals surface area contributed by atoms with Gasteiger partial charge in [0.15, 0.2) is 5.75 Å². The largest absolute Gasteiger partial charge is 0.488 e. The highest BCUT2D eigenvalue weighted by atomic mass is 16.5. The van der Waals surface area contributed by atoms with E-state index in [2.05, 4.69) is 10.4 Å². The van der Waals surface area contributed by atoms with Gasteiger partial charge in [0.05, 0.1) is 25.0 Å². The molecule has 1 aliphatic rings. The summed E-state index contributed by atoms with van der Waals surface area (Å²) in [4.78, 5) is 0. The molecule has 90 valence electrons. The van der Waals surface area contributed by atoms with Crippen molar-refractivity contribution in [1.29, 1.82) is 0 Å². The van der Waals surface area contributed by atoms with Gasteiger partial charge >= 0.3 is 0 Å². The Hall–Kier alpha value is -1.07. The SMILES string of the molecule is COCCOc1cnn(C2CCNCC2)c1. The maximum Gasteiger partial charge on any atom is 0.157 e. The second-order valence-corrected chi connectivity index (χ2v) is 3.98. The van der Waals surface area contributed by atoms with Crippen LogP contribution < -0.4 is 10.1 Å². The molecule has 5 heteroatoms. The predicted octanol–water partition coefficient (Wildman–Crippen LogP) is 0.833. The molecule has 0 amide bonds. The van der Waals surface area contributed by atoms with Crippen LogP contribution in [0.25, 0.3) is 0 Å². The molecule has 1 aromatic heterocycles. The molecule has 1 N–H and O–H groups in total. The van der Waals surface area contributed by atoms with Crippen molar-refractivity contribution < 1.29 is 9.47 Å². The lowest BCUT2D eigenvalue weighted by molar-refractivity contribution is 0.146. The second-order valence-electron chi connectivity index (χ2n) is 3.98. The Morgan fingerprint density at radius 1 is 1.44 bits per heavy atom. The fourth-order valence-corrected chi connectivity index (χ4v) is 1.91. The van der Waals surface area contributed by atoms with E-state index in [1.165, 1.54) is 0 Å². The molecule has 0 spiro atoms. The third-order valence-electron chi connectivity index (χ3n) is 2.82. The summed E-state index contributed by atoms with van der Waals surface area (Å²) in [5.41, 5.74) is 0. The van der Waals surface area contributed by atoms with Crippen molar-refractivity contribution in [2.75, 3.05) is 33.4 Å². The molecule has 2 heterocycles. The molecular weight excluding hydrogens is 206 g/mol. The smallest absolute Gasteiger partial charge is 0.157 e. The highest BCUT2D eigenvalue weighted by molar-refractivity contribution is 5.12. The van der Waals surface area contributed by atoms with Crippen LogP contribution in [0.2, 0.25) is 0 Å². The molecule has 1 aliphatic heterocycles. The third-order valence-corrected chi connectivity index (χ3v) is 2.82. The molecule has 5 nitrogen and oxygen atoms in total. The van der Waals surface area contributed by atoms with Gasteiger partial charge in [-0.2, -0.15) is 5.10 Å². The van der Waals surface area contributed by atoms with Crippen molar-refractivity contribution in [3.8, 4) is 5.75 Å². The Kier molecular flexibility index (Phi) is 4.18. The molecule has 2 rings (SSSR count). The fourth-order valence-electron chi connectivity index (χ4n) is 1.91. The van der Waals surface area contributed by atoms with Crippen LogP contribution >= 0.6 is 0 Å². The summed E-state index contributed by atoms with van der Waals surface area (Å²) in [5.74, 6) is 0.829. The van der Waals surface area contributed by atoms with Crippen LogP contribution in [0.1, 0.15) is 18.9 Å². The molecule has 16 heavy (non-hydrogen) atoms. The first-order valence-corrected chi connectivity index (χ1v) is 5.77.